The van der Waals surface area contributed by atoms with E-state index in [1.807, 2.05) is 39.8 Å². The van der Waals surface area contributed by atoms with Crippen molar-refractivity contribution in [1.82, 2.24) is 0 Å². The van der Waals surface area contributed by atoms with Gasteiger partial charge < -0.3 is 0 Å². The Labute approximate surface area is 117 Å². The molecule has 0 saturated heterocycles. The van der Waals surface area contributed by atoms with E-state index in [-0.39, 0.29) is 11.6 Å². The highest BCUT2D eigenvalue weighted by atomic mass is 19.1. The lowest BCUT2D eigenvalue weighted by atomic mass is 9.92. The highest BCUT2D eigenvalue weighted by molar-refractivity contribution is 6.09. The molecule has 0 saturated carbocycles. The van der Waals surface area contributed by atoms with Crippen LogP contribution in [0.4, 0.5) is 8.78 Å². The second kappa shape index (κ2) is 4.27. The maximum absolute atomic E-state index is 14.4. The first kappa shape index (κ1) is 13.0. The molecule has 0 heterocycles. The lowest BCUT2D eigenvalue weighted by Gasteiger charge is -2.14. The van der Waals surface area contributed by atoms with E-state index < -0.39 is 0 Å². The average molecular weight is 270 g/mol. The van der Waals surface area contributed by atoms with E-state index in [1.54, 1.807) is 0 Å². The predicted octanol–water partition coefficient (Wildman–Crippen LogP) is 5.50. The van der Waals surface area contributed by atoms with Crippen LogP contribution in [0.1, 0.15) is 22.3 Å². The van der Waals surface area contributed by atoms with Gasteiger partial charge in [-0.15, -0.1) is 0 Å². The molecule has 0 spiro atoms. The third-order valence-electron chi connectivity index (χ3n) is 4.21. The van der Waals surface area contributed by atoms with Gasteiger partial charge in [-0.3, -0.25) is 0 Å². The smallest absolute Gasteiger partial charge is 0.131 e. The molecule has 0 fully saturated rings. The van der Waals surface area contributed by atoms with Gasteiger partial charge >= 0.3 is 0 Å². The fourth-order valence-corrected chi connectivity index (χ4v) is 2.96. The maximum atomic E-state index is 14.4. The van der Waals surface area contributed by atoms with Crippen LogP contribution in [0.15, 0.2) is 24.3 Å². The van der Waals surface area contributed by atoms with Crippen LogP contribution in [0.5, 0.6) is 0 Å². The number of benzene rings is 3. The van der Waals surface area contributed by atoms with E-state index in [1.165, 1.54) is 12.1 Å². The van der Waals surface area contributed by atoms with Gasteiger partial charge in [0.2, 0.25) is 0 Å². The highest BCUT2D eigenvalue weighted by Gasteiger charge is 2.15. The predicted molar refractivity (Wildman–Crippen MR) is 80.3 cm³/mol. The van der Waals surface area contributed by atoms with Gasteiger partial charge in [0.25, 0.3) is 0 Å². The number of halogens is 2. The monoisotopic (exact) mass is 270 g/mol. The van der Waals surface area contributed by atoms with Crippen molar-refractivity contribution in [3.8, 4) is 0 Å². The van der Waals surface area contributed by atoms with Crippen LogP contribution >= 0.6 is 0 Å². The highest BCUT2D eigenvalue weighted by Crippen LogP contribution is 2.34. The van der Waals surface area contributed by atoms with Gasteiger partial charge in [-0.05, 0) is 72.9 Å². The molecule has 102 valence electrons. The van der Waals surface area contributed by atoms with Crippen LogP contribution < -0.4 is 0 Å². The summed E-state index contributed by atoms with van der Waals surface area (Å²) < 4.78 is 28.8. The van der Waals surface area contributed by atoms with Crippen LogP contribution in [0.3, 0.4) is 0 Å². The molecule has 0 amide bonds. The number of aryl methyl sites for hydroxylation is 3. The Hall–Kier alpha value is -1.96. The van der Waals surface area contributed by atoms with Crippen molar-refractivity contribution in [2.45, 2.75) is 27.7 Å². The van der Waals surface area contributed by atoms with Gasteiger partial charge in [0.15, 0.2) is 0 Å². The third kappa shape index (κ3) is 1.71. The molecule has 3 aromatic rings. The van der Waals surface area contributed by atoms with E-state index in [2.05, 4.69) is 0 Å². The quantitative estimate of drug-likeness (QED) is 0.473. The van der Waals surface area contributed by atoms with Crippen molar-refractivity contribution >= 4 is 21.5 Å². The Morgan fingerprint density at radius 1 is 0.700 bits per heavy atom. The standard InChI is InChI=1S/C18H16F2/c1-9-5-13-8-16(20)17-12(4)11(3)10(2)7-14(17)18(13)15(19)6-9/h5-8H,1-4H3. The molecule has 3 aromatic carbocycles. The summed E-state index contributed by atoms with van der Waals surface area (Å²) in [6.45, 7) is 7.66. The van der Waals surface area contributed by atoms with Crippen LogP contribution in [0, 0.1) is 39.3 Å². The summed E-state index contributed by atoms with van der Waals surface area (Å²) in [5.74, 6) is -0.564. The zero-order valence-electron chi connectivity index (χ0n) is 12.1. The molecule has 0 aromatic heterocycles. The van der Waals surface area contributed by atoms with E-state index in [9.17, 15) is 8.78 Å². The first-order valence-electron chi connectivity index (χ1n) is 6.69. The third-order valence-corrected chi connectivity index (χ3v) is 4.21. The molecule has 0 radical (unpaired) electrons. The molecule has 2 heteroatoms. The molecule has 0 bridgehead atoms. The van der Waals surface area contributed by atoms with Crippen LogP contribution in [-0.2, 0) is 0 Å². The normalized spacial score (nSPS) is 11.5. The zero-order valence-corrected chi connectivity index (χ0v) is 12.1. The first-order valence-corrected chi connectivity index (χ1v) is 6.69. The molecule has 20 heavy (non-hydrogen) atoms. The summed E-state index contributed by atoms with van der Waals surface area (Å²) in [4.78, 5) is 0. The summed E-state index contributed by atoms with van der Waals surface area (Å²) in [5, 5.41) is 2.33. The van der Waals surface area contributed by atoms with Gasteiger partial charge in [0.05, 0.1) is 0 Å². The number of fused-ring (bicyclic) bond motifs is 3. The van der Waals surface area contributed by atoms with Crippen molar-refractivity contribution in [3.63, 3.8) is 0 Å². The SMILES string of the molecule is Cc1cc(F)c2c(c1)cc(F)c1c(C)c(C)c(C)cc12. The Bertz CT molecular complexity index is 861. The Morgan fingerprint density at radius 2 is 1.35 bits per heavy atom. The van der Waals surface area contributed by atoms with Gasteiger partial charge in [-0.25, -0.2) is 8.78 Å². The van der Waals surface area contributed by atoms with Crippen LogP contribution in [-0.4, -0.2) is 0 Å². The Balaban J connectivity index is 2.67. The average Bonchev–Trinajstić information content (AvgIpc) is 2.34. The second-order valence-corrected chi connectivity index (χ2v) is 5.57. The lowest BCUT2D eigenvalue weighted by molar-refractivity contribution is 0.635. The van der Waals surface area contributed by atoms with Gasteiger partial charge in [0, 0.05) is 10.8 Å². The number of hydrogen-bond acceptors (Lipinski definition) is 0. The van der Waals surface area contributed by atoms with E-state index in [0.717, 1.165) is 22.3 Å². The van der Waals surface area contributed by atoms with Crippen LogP contribution in [0.25, 0.3) is 21.5 Å². The van der Waals surface area contributed by atoms with Crippen molar-refractivity contribution in [1.29, 1.82) is 0 Å². The molecule has 0 N–H and O–H groups in total. The van der Waals surface area contributed by atoms with Crippen LogP contribution in [0.2, 0.25) is 0 Å². The summed E-state index contributed by atoms with van der Waals surface area (Å²) in [6, 6.07) is 6.66. The molecular weight excluding hydrogens is 254 g/mol. The van der Waals surface area contributed by atoms with Gasteiger partial charge in [-0.2, -0.15) is 0 Å². The largest absolute Gasteiger partial charge is 0.206 e. The molecule has 0 aliphatic heterocycles. The van der Waals surface area contributed by atoms with Crippen molar-refractivity contribution in [2.75, 3.05) is 0 Å². The Morgan fingerprint density at radius 3 is 2.05 bits per heavy atom. The summed E-state index contributed by atoms with van der Waals surface area (Å²) in [6.07, 6.45) is 0. The second-order valence-electron chi connectivity index (χ2n) is 5.57. The molecular formula is C18H16F2. The van der Waals surface area contributed by atoms with Crippen molar-refractivity contribution in [2.24, 2.45) is 0 Å². The fourth-order valence-electron chi connectivity index (χ4n) is 2.96. The number of hydrogen-bond donors (Lipinski definition) is 0. The minimum atomic E-state index is -0.285. The summed E-state index contributed by atoms with van der Waals surface area (Å²) in [7, 11) is 0. The minimum absolute atomic E-state index is 0.280. The van der Waals surface area contributed by atoms with E-state index in [4.69, 9.17) is 0 Å². The summed E-state index contributed by atoms with van der Waals surface area (Å²) in [5.41, 5.74) is 3.80. The van der Waals surface area contributed by atoms with Gasteiger partial charge in [0.1, 0.15) is 11.6 Å². The summed E-state index contributed by atoms with van der Waals surface area (Å²) >= 11 is 0. The molecule has 0 nitrogen and oxygen atoms in total. The molecule has 0 aliphatic rings. The van der Waals surface area contributed by atoms with Crippen molar-refractivity contribution in [3.05, 3.63) is 58.2 Å². The maximum Gasteiger partial charge on any atom is 0.131 e. The fraction of sp³-hybridized carbons (Fsp3) is 0.222. The Kier molecular flexibility index (Phi) is 2.79. The van der Waals surface area contributed by atoms with Gasteiger partial charge in [-0.1, -0.05) is 12.1 Å². The van der Waals surface area contributed by atoms with Crippen molar-refractivity contribution < 1.29 is 8.78 Å². The topological polar surface area (TPSA) is 0 Å². The molecule has 3 rings (SSSR count). The lowest BCUT2D eigenvalue weighted by Crippen LogP contribution is -1.95. The molecule has 0 atom stereocenters. The zero-order chi connectivity index (χ0) is 14.6. The molecule has 0 aliphatic carbocycles. The van der Waals surface area contributed by atoms with E-state index >= 15 is 0 Å². The minimum Gasteiger partial charge on any atom is -0.206 e. The molecule has 0 unspecified atom stereocenters. The van der Waals surface area contributed by atoms with E-state index in [0.29, 0.717) is 21.5 Å². The first-order chi connectivity index (χ1) is 9.40. The number of rotatable bonds is 0.